The van der Waals surface area contributed by atoms with E-state index in [9.17, 15) is 18.3 Å². The van der Waals surface area contributed by atoms with Gasteiger partial charge in [0.05, 0.1) is 23.8 Å². The molecule has 1 unspecified atom stereocenters. The molecule has 0 amide bonds. The van der Waals surface area contributed by atoms with Crippen LogP contribution < -0.4 is 5.32 Å². The highest BCUT2D eigenvalue weighted by molar-refractivity contribution is 5.86. The van der Waals surface area contributed by atoms with Gasteiger partial charge in [0, 0.05) is 31.3 Å². The highest BCUT2D eigenvalue weighted by Crippen LogP contribution is 2.36. The second-order valence-electron chi connectivity index (χ2n) is 5.27. The standard InChI is InChI=1S/C16H19F3N2O2/c1-10-8-12(14(22)9-20-6-7-23-2)11-4-3-5-13(15(11)21-10)16(17,18)19/h3-5,8,14,20,22H,6-7,9H2,1-2H3. The maximum atomic E-state index is 13.1. The molecule has 0 saturated heterocycles. The third kappa shape index (κ3) is 4.19. The van der Waals surface area contributed by atoms with Crippen molar-refractivity contribution in [3.05, 3.63) is 41.1 Å². The number of aliphatic hydroxyl groups excluding tert-OH is 1. The van der Waals surface area contributed by atoms with E-state index in [1.807, 2.05) is 0 Å². The number of aromatic nitrogens is 1. The molecule has 0 spiro atoms. The van der Waals surface area contributed by atoms with Crippen LogP contribution in [0.2, 0.25) is 0 Å². The molecule has 1 aromatic heterocycles. The average Bonchev–Trinajstić information content (AvgIpc) is 2.49. The summed E-state index contributed by atoms with van der Waals surface area (Å²) in [5, 5.41) is 13.6. The maximum Gasteiger partial charge on any atom is 0.418 e. The molecule has 2 rings (SSSR count). The molecule has 0 aliphatic carbocycles. The lowest BCUT2D eigenvalue weighted by Gasteiger charge is -2.17. The van der Waals surface area contributed by atoms with Gasteiger partial charge >= 0.3 is 6.18 Å². The Labute approximate surface area is 132 Å². The zero-order valence-electron chi connectivity index (χ0n) is 12.9. The number of ether oxygens (including phenoxy) is 1. The van der Waals surface area contributed by atoms with Crippen LogP contribution in [0, 0.1) is 6.92 Å². The van der Waals surface area contributed by atoms with E-state index >= 15 is 0 Å². The van der Waals surface area contributed by atoms with Crippen LogP contribution in [0.4, 0.5) is 13.2 Å². The fraction of sp³-hybridized carbons (Fsp3) is 0.438. The summed E-state index contributed by atoms with van der Waals surface area (Å²) in [5.41, 5.74) is -0.0610. The zero-order chi connectivity index (χ0) is 17.0. The van der Waals surface area contributed by atoms with Gasteiger partial charge in [0.15, 0.2) is 0 Å². The molecule has 1 aromatic carbocycles. The summed E-state index contributed by atoms with van der Waals surface area (Å²) in [6, 6.07) is 5.49. The fourth-order valence-electron chi connectivity index (χ4n) is 2.44. The van der Waals surface area contributed by atoms with Crippen molar-refractivity contribution < 1.29 is 23.0 Å². The number of alkyl halides is 3. The molecule has 2 aromatic rings. The monoisotopic (exact) mass is 328 g/mol. The normalized spacial score (nSPS) is 13.5. The van der Waals surface area contributed by atoms with E-state index in [0.717, 1.165) is 6.07 Å². The molecule has 0 aliphatic rings. The number of methoxy groups -OCH3 is 1. The Morgan fingerprint density at radius 3 is 2.74 bits per heavy atom. The number of fused-ring (bicyclic) bond motifs is 1. The summed E-state index contributed by atoms with van der Waals surface area (Å²) in [6.45, 7) is 2.86. The molecule has 0 fully saturated rings. The van der Waals surface area contributed by atoms with Gasteiger partial charge in [0.2, 0.25) is 0 Å². The van der Waals surface area contributed by atoms with Crippen molar-refractivity contribution >= 4 is 10.9 Å². The molecule has 0 radical (unpaired) electrons. The van der Waals surface area contributed by atoms with Crippen LogP contribution in [0.5, 0.6) is 0 Å². The van der Waals surface area contributed by atoms with E-state index in [1.54, 1.807) is 26.2 Å². The minimum atomic E-state index is -4.49. The van der Waals surface area contributed by atoms with Gasteiger partial charge < -0.3 is 15.2 Å². The van der Waals surface area contributed by atoms with Crippen LogP contribution >= 0.6 is 0 Å². The molecule has 0 saturated carbocycles. The lowest BCUT2D eigenvalue weighted by atomic mass is 10.00. The number of hydrogen-bond acceptors (Lipinski definition) is 4. The molecule has 1 atom stereocenters. The quantitative estimate of drug-likeness (QED) is 0.801. The Kier molecular flexibility index (Phi) is 5.56. The van der Waals surface area contributed by atoms with Crippen molar-refractivity contribution in [2.24, 2.45) is 0 Å². The average molecular weight is 328 g/mol. The van der Waals surface area contributed by atoms with Crippen molar-refractivity contribution in [2.75, 3.05) is 26.8 Å². The second-order valence-corrected chi connectivity index (χ2v) is 5.27. The largest absolute Gasteiger partial charge is 0.418 e. The van der Waals surface area contributed by atoms with Gasteiger partial charge in [0.25, 0.3) is 0 Å². The molecule has 0 aliphatic heterocycles. The summed E-state index contributed by atoms with van der Waals surface area (Å²) in [6.07, 6.45) is -5.42. The molecule has 4 nitrogen and oxygen atoms in total. The van der Waals surface area contributed by atoms with E-state index < -0.39 is 17.8 Å². The van der Waals surface area contributed by atoms with Gasteiger partial charge in [-0.3, -0.25) is 4.98 Å². The van der Waals surface area contributed by atoms with E-state index in [2.05, 4.69) is 10.3 Å². The number of pyridine rings is 1. The van der Waals surface area contributed by atoms with Gasteiger partial charge in [-0.05, 0) is 24.6 Å². The molecule has 23 heavy (non-hydrogen) atoms. The predicted octanol–water partition coefficient (Wildman–Crippen LogP) is 2.83. The van der Waals surface area contributed by atoms with Crippen LogP contribution in [-0.4, -0.2) is 36.9 Å². The summed E-state index contributed by atoms with van der Waals surface area (Å²) in [5.74, 6) is 0. The van der Waals surface area contributed by atoms with E-state index in [0.29, 0.717) is 29.8 Å². The molecule has 1 heterocycles. The Balaban J connectivity index is 2.40. The number of nitrogens with zero attached hydrogens (tertiary/aromatic N) is 1. The third-order valence-electron chi connectivity index (χ3n) is 3.48. The fourth-order valence-corrected chi connectivity index (χ4v) is 2.44. The first-order valence-electron chi connectivity index (χ1n) is 7.19. The summed E-state index contributed by atoms with van der Waals surface area (Å²) in [7, 11) is 1.57. The van der Waals surface area contributed by atoms with Gasteiger partial charge in [-0.25, -0.2) is 0 Å². The summed E-state index contributed by atoms with van der Waals surface area (Å²) in [4.78, 5) is 4.02. The van der Waals surface area contributed by atoms with Crippen molar-refractivity contribution in [2.45, 2.75) is 19.2 Å². The van der Waals surface area contributed by atoms with Crippen LogP contribution in [0.1, 0.15) is 22.9 Å². The Morgan fingerprint density at radius 1 is 1.35 bits per heavy atom. The Morgan fingerprint density at radius 2 is 2.09 bits per heavy atom. The van der Waals surface area contributed by atoms with Gasteiger partial charge in [0.1, 0.15) is 0 Å². The van der Waals surface area contributed by atoms with Crippen molar-refractivity contribution in [1.82, 2.24) is 10.3 Å². The smallest absolute Gasteiger partial charge is 0.387 e. The van der Waals surface area contributed by atoms with E-state index in [1.165, 1.54) is 6.07 Å². The SMILES string of the molecule is COCCNCC(O)c1cc(C)nc2c(C(F)(F)F)cccc12. The van der Waals surface area contributed by atoms with Crippen molar-refractivity contribution in [3.63, 3.8) is 0 Å². The molecule has 7 heteroatoms. The number of aliphatic hydroxyl groups is 1. The molecule has 0 bridgehead atoms. The minimum Gasteiger partial charge on any atom is -0.387 e. The predicted molar refractivity (Wildman–Crippen MR) is 81.2 cm³/mol. The van der Waals surface area contributed by atoms with Gasteiger partial charge in [-0.1, -0.05) is 12.1 Å². The Bertz CT molecular complexity index is 674. The first kappa shape index (κ1) is 17.7. The van der Waals surface area contributed by atoms with Crippen molar-refractivity contribution in [3.8, 4) is 0 Å². The summed E-state index contributed by atoms with van der Waals surface area (Å²) < 4.78 is 44.3. The topological polar surface area (TPSA) is 54.4 Å². The number of halogens is 3. The van der Waals surface area contributed by atoms with Crippen LogP contribution in [0.25, 0.3) is 10.9 Å². The first-order chi connectivity index (χ1) is 10.8. The lowest BCUT2D eigenvalue weighted by Crippen LogP contribution is -2.25. The highest BCUT2D eigenvalue weighted by Gasteiger charge is 2.33. The number of para-hydroxylation sites is 1. The lowest BCUT2D eigenvalue weighted by molar-refractivity contribution is -0.136. The molecule has 2 N–H and O–H groups in total. The first-order valence-corrected chi connectivity index (χ1v) is 7.19. The third-order valence-corrected chi connectivity index (χ3v) is 3.48. The van der Waals surface area contributed by atoms with Gasteiger partial charge in [-0.15, -0.1) is 0 Å². The van der Waals surface area contributed by atoms with E-state index in [4.69, 9.17) is 4.74 Å². The number of hydrogen-bond donors (Lipinski definition) is 2. The van der Waals surface area contributed by atoms with Crippen LogP contribution in [-0.2, 0) is 10.9 Å². The maximum absolute atomic E-state index is 13.1. The molecular weight excluding hydrogens is 309 g/mol. The Hall–Kier alpha value is -1.70. The van der Waals surface area contributed by atoms with E-state index in [-0.39, 0.29) is 12.1 Å². The number of benzene rings is 1. The second kappa shape index (κ2) is 7.25. The molecular formula is C16H19F3N2O2. The van der Waals surface area contributed by atoms with Gasteiger partial charge in [-0.2, -0.15) is 13.2 Å². The number of rotatable bonds is 6. The van der Waals surface area contributed by atoms with Crippen LogP contribution in [0.15, 0.2) is 24.3 Å². The van der Waals surface area contributed by atoms with Crippen molar-refractivity contribution in [1.29, 1.82) is 0 Å². The van der Waals surface area contributed by atoms with Crippen LogP contribution in [0.3, 0.4) is 0 Å². The number of nitrogens with one attached hydrogen (secondary N) is 1. The zero-order valence-corrected chi connectivity index (χ0v) is 12.9. The summed E-state index contributed by atoms with van der Waals surface area (Å²) >= 11 is 0. The highest BCUT2D eigenvalue weighted by atomic mass is 19.4. The minimum absolute atomic E-state index is 0.133. The number of aryl methyl sites for hydroxylation is 1. The molecule has 126 valence electrons.